The molecule has 2 aromatic rings. The molecule has 1 aliphatic heterocycles. The predicted octanol–water partition coefficient (Wildman–Crippen LogP) is 4.48. The van der Waals surface area contributed by atoms with E-state index in [9.17, 15) is 10.2 Å². The molecule has 1 atom stereocenters. The van der Waals surface area contributed by atoms with E-state index < -0.39 is 0 Å². The number of benzene rings is 2. The lowest BCUT2D eigenvalue weighted by Crippen LogP contribution is -2.46. The molecule has 0 saturated carbocycles. The number of aliphatic hydroxyl groups excluding tert-OH is 1. The van der Waals surface area contributed by atoms with Crippen molar-refractivity contribution in [1.29, 1.82) is 0 Å². The third-order valence-corrected chi connectivity index (χ3v) is 5.74. The number of likely N-dealkylation sites (tertiary alicyclic amines) is 1. The summed E-state index contributed by atoms with van der Waals surface area (Å²) < 4.78 is 0. The van der Waals surface area contributed by atoms with Gasteiger partial charge in [0.05, 0.1) is 6.61 Å². The Morgan fingerprint density at radius 3 is 2.50 bits per heavy atom. The minimum Gasteiger partial charge on any atom is -0.507 e. The van der Waals surface area contributed by atoms with Crippen molar-refractivity contribution in [2.75, 3.05) is 19.7 Å². The van der Waals surface area contributed by atoms with E-state index in [4.69, 9.17) is 11.6 Å². The van der Waals surface area contributed by atoms with Crippen LogP contribution in [0.25, 0.3) is 0 Å². The van der Waals surface area contributed by atoms with Crippen LogP contribution in [0.5, 0.6) is 5.75 Å². The molecule has 0 amide bonds. The van der Waals surface area contributed by atoms with Gasteiger partial charge in [-0.2, -0.15) is 0 Å². The summed E-state index contributed by atoms with van der Waals surface area (Å²) in [6.07, 6.45) is 2.95. The van der Waals surface area contributed by atoms with Crippen molar-refractivity contribution in [2.24, 2.45) is 5.41 Å². The molecule has 0 aliphatic carbocycles. The number of piperidine rings is 1. The highest BCUT2D eigenvalue weighted by molar-refractivity contribution is 6.30. The van der Waals surface area contributed by atoms with Crippen LogP contribution in [0.1, 0.15) is 35.1 Å². The molecule has 0 bridgehead atoms. The Morgan fingerprint density at radius 1 is 1.12 bits per heavy atom. The number of aryl methyl sites for hydroxylation is 2. The Balaban J connectivity index is 1.74. The number of hydrogen-bond acceptors (Lipinski definition) is 3. The molecule has 2 N–H and O–H groups in total. The average molecular weight is 374 g/mol. The van der Waals surface area contributed by atoms with Crippen LogP contribution in [-0.2, 0) is 13.0 Å². The molecule has 4 heteroatoms. The Kier molecular flexibility index (Phi) is 5.91. The fourth-order valence-corrected chi connectivity index (χ4v) is 4.46. The van der Waals surface area contributed by atoms with Crippen LogP contribution < -0.4 is 0 Å². The normalized spacial score (nSPS) is 21.1. The van der Waals surface area contributed by atoms with Crippen molar-refractivity contribution in [3.05, 3.63) is 63.7 Å². The molecule has 26 heavy (non-hydrogen) atoms. The van der Waals surface area contributed by atoms with Gasteiger partial charge in [0.1, 0.15) is 5.75 Å². The first-order valence-corrected chi connectivity index (χ1v) is 9.65. The van der Waals surface area contributed by atoms with Gasteiger partial charge in [-0.05, 0) is 74.0 Å². The molecule has 0 spiro atoms. The van der Waals surface area contributed by atoms with Crippen LogP contribution >= 0.6 is 11.6 Å². The Labute approximate surface area is 161 Å². The molecule has 3 rings (SSSR count). The van der Waals surface area contributed by atoms with Gasteiger partial charge in [-0.25, -0.2) is 0 Å². The van der Waals surface area contributed by atoms with E-state index in [0.717, 1.165) is 55.0 Å². The van der Waals surface area contributed by atoms with Crippen LogP contribution in [0.15, 0.2) is 36.4 Å². The average Bonchev–Trinajstić information content (AvgIpc) is 2.60. The van der Waals surface area contributed by atoms with Gasteiger partial charge in [-0.15, -0.1) is 0 Å². The summed E-state index contributed by atoms with van der Waals surface area (Å²) in [5.74, 6) is 0.387. The quantitative estimate of drug-likeness (QED) is 0.812. The summed E-state index contributed by atoms with van der Waals surface area (Å²) in [7, 11) is 0. The fourth-order valence-electron chi connectivity index (χ4n) is 4.25. The standard InChI is InChI=1S/C22H28ClNO2/c1-16-9-19(10-17(2)21(16)26)13-24-8-4-7-22(14-24,15-25)12-18-5-3-6-20(23)11-18/h3,5-6,9-11,25-26H,4,7-8,12-15H2,1-2H3. The number of aromatic hydroxyl groups is 1. The third-order valence-electron chi connectivity index (χ3n) is 5.50. The van der Waals surface area contributed by atoms with Crippen molar-refractivity contribution >= 4 is 11.6 Å². The monoisotopic (exact) mass is 373 g/mol. The van der Waals surface area contributed by atoms with Crippen molar-refractivity contribution < 1.29 is 10.2 Å². The molecule has 1 saturated heterocycles. The van der Waals surface area contributed by atoms with E-state index in [1.165, 1.54) is 11.1 Å². The third kappa shape index (κ3) is 4.40. The molecule has 1 aliphatic rings. The number of aliphatic hydroxyl groups is 1. The molecule has 1 unspecified atom stereocenters. The van der Waals surface area contributed by atoms with E-state index >= 15 is 0 Å². The van der Waals surface area contributed by atoms with Gasteiger partial charge < -0.3 is 10.2 Å². The minimum atomic E-state index is -0.121. The van der Waals surface area contributed by atoms with Gasteiger partial charge >= 0.3 is 0 Å². The van der Waals surface area contributed by atoms with Crippen molar-refractivity contribution in [1.82, 2.24) is 4.90 Å². The van der Waals surface area contributed by atoms with E-state index in [2.05, 4.69) is 23.1 Å². The smallest absolute Gasteiger partial charge is 0.121 e. The number of nitrogens with zero attached hydrogens (tertiary/aromatic N) is 1. The highest BCUT2D eigenvalue weighted by Crippen LogP contribution is 2.35. The zero-order chi connectivity index (χ0) is 18.7. The largest absolute Gasteiger partial charge is 0.507 e. The van der Waals surface area contributed by atoms with Crippen LogP contribution in [0.4, 0.5) is 0 Å². The van der Waals surface area contributed by atoms with Gasteiger partial charge in [0.15, 0.2) is 0 Å². The minimum absolute atomic E-state index is 0.121. The maximum absolute atomic E-state index is 10.2. The van der Waals surface area contributed by atoms with Crippen LogP contribution in [0.2, 0.25) is 5.02 Å². The highest BCUT2D eigenvalue weighted by atomic mass is 35.5. The number of halogens is 1. The second kappa shape index (κ2) is 7.99. The zero-order valence-corrected chi connectivity index (χ0v) is 16.4. The summed E-state index contributed by atoms with van der Waals surface area (Å²) in [6, 6.07) is 12.1. The Hall–Kier alpha value is -1.55. The van der Waals surface area contributed by atoms with Gasteiger partial charge in [0.25, 0.3) is 0 Å². The molecule has 3 nitrogen and oxygen atoms in total. The van der Waals surface area contributed by atoms with Crippen LogP contribution in [-0.4, -0.2) is 34.8 Å². The molecule has 140 valence electrons. The molecular weight excluding hydrogens is 346 g/mol. The highest BCUT2D eigenvalue weighted by Gasteiger charge is 2.35. The summed E-state index contributed by atoms with van der Waals surface area (Å²) in [6.45, 7) is 6.83. The lowest BCUT2D eigenvalue weighted by atomic mass is 9.75. The lowest BCUT2D eigenvalue weighted by molar-refractivity contribution is 0.0288. The van der Waals surface area contributed by atoms with Crippen LogP contribution in [0, 0.1) is 19.3 Å². The number of phenols is 1. The van der Waals surface area contributed by atoms with Crippen molar-refractivity contribution in [2.45, 2.75) is 39.7 Å². The van der Waals surface area contributed by atoms with E-state index in [1.54, 1.807) is 0 Å². The fraction of sp³-hybridized carbons (Fsp3) is 0.455. The second-order valence-electron chi connectivity index (χ2n) is 7.86. The lowest BCUT2D eigenvalue weighted by Gasteiger charge is -2.42. The van der Waals surface area contributed by atoms with Gasteiger partial charge in [-0.1, -0.05) is 35.9 Å². The van der Waals surface area contributed by atoms with Gasteiger partial charge in [0, 0.05) is 23.5 Å². The summed E-state index contributed by atoms with van der Waals surface area (Å²) in [5.41, 5.74) is 4.12. The molecule has 0 radical (unpaired) electrons. The first-order chi connectivity index (χ1) is 12.4. The molecule has 0 aromatic heterocycles. The zero-order valence-electron chi connectivity index (χ0n) is 15.6. The topological polar surface area (TPSA) is 43.7 Å². The Morgan fingerprint density at radius 2 is 1.85 bits per heavy atom. The van der Waals surface area contributed by atoms with Crippen molar-refractivity contribution in [3.8, 4) is 5.75 Å². The Bertz CT molecular complexity index is 753. The summed E-state index contributed by atoms with van der Waals surface area (Å²) in [4.78, 5) is 2.43. The maximum Gasteiger partial charge on any atom is 0.121 e. The molecule has 1 fully saturated rings. The SMILES string of the molecule is Cc1cc(CN2CCCC(CO)(Cc3cccc(Cl)c3)C2)cc(C)c1O. The summed E-state index contributed by atoms with van der Waals surface area (Å²) in [5, 5.41) is 20.9. The molecule has 2 aromatic carbocycles. The number of hydrogen-bond donors (Lipinski definition) is 2. The van der Waals surface area contributed by atoms with Gasteiger partial charge in [0.2, 0.25) is 0 Å². The van der Waals surface area contributed by atoms with Crippen LogP contribution in [0.3, 0.4) is 0 Å². The first-order valence-electron chi connectivity index (χ1n) is 9.27. The number of phenolic OH excluding ortho intramolecular Hbond substituents is 1. The first kappa shape index (κ1) is 19.2. The van der Waals surface area contributed by atoms with Gasteiger partial charge in [-0.3, -0.25) is 4.90 Å². The second-order valence-corrected chi connectivity index (χ2v) is 8.29. The maximum atomic E-state index is 10.2. The molecular formula is C22H28ClNO2. The number of rotatable bonds is 5. The summed E-state index contributed by atoms with van der Waals surface area (Å²) >= 11 is 6.14. The van der Waals surface area contributed by atoms with E-state index in [0.29, 0.717) is 5.75 Å². The van der Waals surface area contributed by atoms with E-state index in [-0.39, 0.29) is 12.0 Å². The predicted molar refractivity (Wildman–Crippen MR) is 107 cm³/mol. The van der Waals surface area contributed by atoms with E-state index in [1.807, 2.05) is 32.0 Å². The molecule has 1 heterocycles. The van der Waals surface area contributed by atoms with Crippen molar-refractivity contribution in [3.63, 3.8) is 0 Å².